The second-order valence-electron chi connectivity index (χ2n) is 11.3. The molecule has 3 atom stereocenters. The maximum absolute atomic E-state index is 14.1. The van der Waals surface area contributed by atoms with Gasteiger partial charge in [0.25, 0.3) is 5.91 Å². The smallest absolute Gasteiger partial charge is 0.254 e. The van der Waals surface area contributed by atoms with E-state index >= 15 is 0 Å². The summed E-state index contributed by atoms with van der Waals surface area (Å²) >= 11 is 0. The molecule has 0 spiro atoms. The summed E-state index contributed by atoms with van der Waals surface area (Å²) in [6, 6.07) is 15.7. The van der Waals surface area contributed by atoms with E-state index in [-0.39, 0.29) is 35.1 Å². The third-order valence-electron chi connectivity index (χ3n) is 7.84. The van der Waals surface area contributed by atoms with Gasteiger partial charge in [0.15, 0.2) is 0 Å². The molecule has 2 aromatic carbocycles. The maximum atomic E-state index is 14.1. The molecular formula is C32H40N2O3. The van der Waals surface area contributed by atoms with E-state index in [1.807, 2.05) is 61.3 Å². The number of aryl methyl sites for hydroxylation is 1. The highest BCUT2D eigenvalue weighted by molar-refractivity contribution is 5.98. The number of carbonyl (C=O) groups excluding carboxylic acids is 2. The Morgan fingerprint density at radius 2 is 1.84 bits per heavy atom. The fourth-order valence-electron chi connectivity index (χ4n) is 5.60. The summed E-state index contributed by atoms with van der Waals surface area (Å²) < 4.78 is 5.41. The number of ether oxygens (including phenoxy) is 1. The molecule has 2 amide bonds. The van der Waals surface area contributed by atoms with Crippen LogP contribution in [0.2, 0.25) is 0 Å². The zero-order valence-electron chi connectivity index (χ0n) is 23.0. The Bertz CT molecular complexity index is 1210. The molecule has 2 aliphatic rings. The van der Waals surface area contributed by atoms with Crippen LogP contribution in [-0.4, -0.2) is 43.5 Å². The average molecular weight is 501 g/mol. The molecule has 196 valence electrons. The molecule has 2 aromatic rings. The summed E-state index contributed by atoms with van der Waals surface area (Å²) in [7, 11) is 3.53. The minimum Gasteiger partial charge on any atom is -0.497 e. The van der Waals surface area contributed by atoms with Crippen LogP contribution >= 0.6 is 0 Å². The number of methoxy groups -OCH3 is 1. The Morgan fingerprint density at radius 3 is 2.49 bits per heavy atom. The van der Waals surface area contributed by atoms with Gasteiger partial charge in [-0.2, -0.15) is 0 Å². The van der Waals surface area contributed by atoms with Crippen molar-refractivity contribution in [3.63, 3.8) is 0 Å². The molecule has 2 unspecified atom stereocenters. The average Bonchev–Trinajstić information content (AvgIpc) is 2.91. The fraction of sp³-hybridized carbons (Fsp3) is 0.438. The Labute approximate surface area is 221 Å². The van der Waals surface area contributed by atoms with Crippen LogP contribution in [0, 0.1) is 18.8 Å². The molecule has 1 aliphatic heterocycles. The number of hydrogen-bond donors (Lipinski definition) is 0. The van der Waals surface area contributed by atoms with Gasteiger partial charge in [0, 0.05) is 30.8 Å². The molecule has 4 rings (SSSR count). The number of hydrogen-bond acceptors (Lipinski definition) is 3. The van der Waals surface area contributed by atoms with Crippen LogP contribution in [0.4, 0.5) is 5.69 Å². The first-order valence-corrected chi connectivity index (χ1v) is 13.3. The molecular weight excluding hydrogens is 460 g/mol. The predicted octanol–water partition coefficient (Wildman–Crippen LogP) is 6.28. The van der Waals surface area contributed by atoms with Crippen molar-refractivity contribution in [3.05, 3.63) is 89.2 Å². The minimum absolute atomic E-state index is 0.00732. The molecule has 1 fully saturated rings. The number of amides is 2. The highest BCUT2D eigenvalue weighted by Gasteiger charge is 2.43. The van der Waals surface area contributed by atoms with Gasteiger partial charge in [-0.1, -0.05) is 57.2 Å². The van der Waals surface area contributed by atoms with Crippen LogP contribution in [-0.2, 0) is 14.9 Å². The summed E-state index contributed by atoms with van der Waals surface area (Å²) in [5.41, 5.74) is 3.73. The monoisotopic (exact) mass is 500 g/mol. The second-order valence-corrected chi connectivity index (χ2v) is 11.3. The lowest BCUT2D eigenvalue weighted by Crippen LogP contribution is -2.56. The van der Waals surface area contributed by atoms with Crippen LogP contribution in [0.1, 0.15) is 61.5 Å². The van der Waals surface area contributed by atoms with Crippen molar-refractivity contribution in [3.8, 4) is 0 Å². The number of anilines is 1. The third kappa shape index (κ3) is 5.66. The zero-order chi connectivity index (χ0) is 26.7. The van der Waals surface area contributed by atoms with Gasteiger partial charge in [0.05, 0.1) is 19.1 Å². The highest BCUT2D eigenvalue weighted by atomic mass is 16.5. The van der Waals surface area contributed by atoms with E-state index in [0.717, 1.165) is 36.3 Å². The second kappa shape index (κ2) is 11.0. The number of allylic oxidation sites excluding steroid dienone is 2. The first kappa shape index (κ1) is 26.7. The van der Waals surface area contributed by atoms with E-state index in [4.69, 9.17) is 4.74 Å². The lowest BCUT2D eigenvalue weighted by atomic mass is 9.77. The van der Waals surface area contributed by atoms with Crippen molar-refractivity contribution in [2.45, 2.75) is 58.4 Å². The fourth-order valence-corrected chi connectivity index (χ4v) is 5.60. The highest BCUT2D eigenvalue weighted by Crippen LogP contribution is 2.37. The summed E-state index contributed by atoms with van der Waals surface area (Å²) in [5, 5.41) is 0. The quantitative estimate of drug-likeness (QED) is 0.485. The van der Waals surface area contributed by atoms with E-state index in [1.54, 1.807) is 12.0 Å². The van der Waals surface area contributed by atoms with Gasteiger partial charge in [0.2, 0.25) is 5.91 Å². The molecule has 1 aliphatic carbocycles. The Balaban J connectivity index is 1.69. The van der Waals surface area contributed by atoms with Gasteiger partial charge in [-0.05, 0) is 73.1 Å². The van der Waals surface area contributed by atoms with Crippen molar-refractivity contribution in [2.75, 3.05) is 25.6 Å². The van der Waals surface area contributed by atoms with Gasteiger partial charge in [0.1, 0.15) is 5.76 Å². The number of piperidine rings is 1. The lowest BCUT2D eigenvalue weighted by molar-refractivity contribution is -0.126. The van der Waals surface area contributed by atoms with E-state index < -0.39 is 0 Å². The van der Waals surface area contributed by atoms with Crippen LogP contribution in [0.25, 0.3) is 0 Å². The number of rotatable bonds is 5. The minimum atomic E-state index is -0.294. The van der Waals surface area contributed by atoms with Gasteiger partial charge in [-0.3, -0.25) is 9.59 Å². The van der Waals surface area contributed by atoms with E-state index in [1.165, 1.54) is 5.56 Å². The summed E-state index contributed by atoms with van der Waals surface area (Å²) in [4.78, 5) is 31.8. The largest absolute Gasteiger partial charge is 0.497 e. The van der Waals surface area contributed by atoms with E-state index in [0.29, 0.717) is 12.1 Å². The van der Waals surface area contributed by atoms with Crippen molar-refractivity contribution < 1.29 is 14.3 Å². The molecule has 0 radical (unpaired) electrons. The van der Waals surface area contributed by atoms with Crippen LogP contribution in [0.5, 0.6) is 0 Å². The molecule has 0 saturated carbocycles. The normalized spacial score (nSPS) is 21.8. The van der Waals surface area contributed by atoms with E-state index in [9.17, 15) is 9.59 Å². The lowest BCUT2D eigenvalue weighted by Gasteiger charge is -2.45. The predicted molar refractivity (Wildman–Crippen MR) is 150 cm³/mol. The molecule has 0 N–H and O–H groups in total. The van der Waals surface area contributed by atoms with Gasteiger partial charge < -0.3 is 14.5 Å². The number of benzene rings is 2. The van der Waals surface area contributed by atoms with Gasteiger partial charge in [-0.25, -0.2) is 0 Å². The van der Waals surface area contributed by atoms with Crippen LogP contribution in [0.15, 0.2) is 72.5 Å². The SMILES string of the molecule is COC1=CCC([C@H]2C(C(=O)N(C)c3cccc(C(C)(C)C)c3)CCCN2C(=O)c2ccccc2C)C=C1. The molecule has 1 heterocycles. The first-order valence-electron chi connectivity index (χ1n) is 13.3. The standard InChI is InChI=1S/C32H40N2O3/c1-22-11-7-8-14-27(22)31(36)34-20-10-15-28(29(34)23-16-18-26(37-6)19-17-23)30(35)33(5)25-13-9-12-24(21-25)32(2,3)4/h7-9,11-14,16,18-19,21,23,28-29H,10,15,17,20H2,1-6H3/t23?,28?,29-/m0/s1. The zero-order valence-corrected chi connectivity index (χ0v) is 23.0. The summed E-state index contributed by atoms with van der Waals surface area (Å²) in [6.45, 7) is 9.15. The molecule has 5 nitrogen and oxygen atoms in total. The van der Waals surface area contributed by atoms with E-state index in [2.05, 4.69) is 45.1 Å². The van der Waals surface area contributed by atoms with Crippen molar-refractivity contribution >= 4 is 17.5 Å². The maximum Gasteiger partial charge on any atom is 0.254 e. The van der Waals surface area contributed by atoms with Crippen molar-refractivity contribution in [1.29, 1.82) is 0 Å². The molecule has 0 aromatic heterocycles. The topological polar surface area (TPSA) is 49.9 Å². The molecule has 5 heteroatoms. The third-order valence-corrected chi connectivity index (χ3v) is 7.84. The van der Waals surface area contributed by atoms with Crippen molar-refractivity contribution in [1.82, 2.24) is 4.90 Å². The van der Waals surface area contributed by atoms with Crippen LogP contribution in [0.3, 0.4) is 0 Å². The molecule has 1 saturated heterocycles. The molecule has 37 heavy (non-hydrogen) atoms. The Morgan fingerprint density at radius 1 is 1.08 bits per heavy atom. The summed E-state index contributed by atoms with van der Waals surface area (Å²) in [5.74, 6) is 0.636. The van der Waals surface area contributed by atoms with Crippen molar-refractivity contribution in [2.24, 2.45) is 11.8 Å². The Hall–Kier alpha value is -3.34. The summed E-state index contributed by atoms with van der Waals surface area (Å²) in [6.07, 6.45) is 8.44. The number of carbonyl (C=O) groups is 2. The van der Waals surface area contributed by atoms with Gasteiger partial charge >= 0.3 is 0 Å². The first-order chi connectivity index (χ1) is 17.6. The van der Waals surface area contributed by atoms with Crippen LogP contribution < -0.4 is 4.90 Å². The molecule has 0 bridgehead atoms. The number of nitrogens with zero attached hydrogens (tertiary/aromatic N) is 2. The number of likely N-dealkylation sites (tertiary alicyclic amines) is 1. The Kier molecular flexibility index (Phi) is 7.91. The van der Waals surface area contributed by atoms with Gasteiger partial charge in [-0.15, -0.1) is 0 Å².